The molecule has 1 saturated heterocycles. The molecule has 0 spiro atoms. The standard InChI is InChI=1S/C15H30O4Si/c1-11-12(9-16)18-15(5,6)19-13(11)10-17-20(7,8)14(2,3)4/h9,11-13H,10H2,1-8H3/t11-,12-,13+/m0/s1. The van der Waals surface area contributed by atoms with Crippen molar-refractivity contribution in [2.45, 2.75) is 77.7 Å². The molecule has 5 heteroatoms. The van der Waals surface area contributed by atoms with Crippen LogP contribution in [0.2, 0.25) is 18.1 Å². The highest BCUT2D eigenvalue weighted by atomic mass is 28.4. The van der Waals surface area contributed by atoms with Crippen molar-refractivity contribution in [3.8, 4) is 0 Å². The van der Waals surface area contributed by atoms with Crippen LogP contribution in [-0.4, -0.2) is 39.2 Å². The topological polar surface area (TPSA) is 44.8 Å². The molecule has 0 unspecified atom stereocenters. The van der Waals surface area contributed by atoms with Crippen molar-refractivity contribution < 1.29 is 18.7 Å². The van der Waals surface area contributed by atoms with Crippen molar-refractivity contribution in [3.63, 3.8) is 0 Å². The van der Waals surface area contributed by atoms with Gasteiger partial charge in [0.1, 0.15) is 12.4 Å². The second-order valence-electron chi connectivity index (χ2n) is 7.71. The minimum atomic E-state index is -1.81. The largest absolute Gasteiger partial charge is 0.414 e. The molecule has 0 bridgehead atoms. The lowest BCUT2D eigenvalue weighted by Crippen LogP contribution is -2.53. The molecular weight excluding hydrogens is 272 g/mol. The summed E-state index contributed by atoms with van der Waals surface area (Å²) in [6, 6.07) is 0. The van der Waals surface area contributed by atoms with E-state index in [-0.39, 0.29) is 17.1 Å². The van der Waals surface area contributed by atoms with Crippen molar-refractivity contribution in [2.24, 2.45) is 5.92 Å². The molecule has 20 heavy (non-hydrogen) atoms. The second kappa shape index (κ2) is 5.87. The Kier molecular flexibility index (Phi) is 5.23. The van der Waals surface area contributed by atoms with Crippen LogP contribution in [-0.2, 0) is 18.7 Å². The summed E-state index contributed by atoms with van der Waals surface area (Å²) in [5.74, 6) is -0.732. The molecule has 0 aromatic rings. The van der Waals surface area contributed by atoms with Gasteiger partial charge in [0.25, 0.3) is 0 Å². The predicted molar refractivity (Wildman–Crippen MR) is 82.2 cm³/mol. The maximum Gasteiger partial charge on any atom is 0.192 e. The molecule has 0 saturated carbocycles. The minimum absolute atomic E-state index is 0.00490. The number of carbonyl (C=O) groups excluding carboxylic acids is 1. The fraction of sp³-hybridized carbons (Fsp3) is 0.933. The Morgan fingerprint density at radius 2 is 1.80 bits per heavy atom. The van der Waals surface area contributed by atoms with Gasteiger partial charge in [0.15, 0.2) is 14.1 Å². The average molecular weight is 302 g/mol. The molecule has 1 fully saturated rings. The Morgan fingerprint density at radius 3 is 2.25 bits per heavy atom. The van der Waals surface area contributed by atoms with Crippen molar-refractivity contribution in [3.05, 3.63) is 0 Å². The summed E-state index contributed by atoms with van der Waals surface area (Å²) in [5, 5.41) is 0.168. The van der Waals surface area contributed by atoms with E-state index in [4.69, 9.17) is 13.9 Å². The fourth-order valence-electron chi connectivity index (χ4n) is 1.99. The third kappa shape index (κ3) is 4.13. The molecule has 1 heterocycles. The number of ether oxygens (including phenoxy) is 2. The minimum Gasteiger partial charge on any atom is -0.414 e. The fourth-order valence-corrected chi connectivity index (χ4v) is 3.00. The smallest absolute Gasteiger partial charge is 0.192 e. The van der Waals surface area contributed by atoms with Gasteiger partial charge in [-0.2, -0.15) is 0 Å². The quantitative estimate of drug-likeness (QED) is 0.590. The monoisotopic (exact) mass is 302 g/mol. The Balaban J connectivity index is 2.73. The molecule has 0 N–H and O–H groups in total. The van der Waals surface area contributed by atoms with Crippen LogP contribution >= 0.6 is 0 Å². The number of hydrogen-bond acceptors (Lipinski definition) is 4. The molecule has 4 nitrogen and oxygen atoms in total. The summed E-state index contributed by atoms with van der Waals surface area (Å²) in [4.78, 5) is 11.2. The van der Waals surface area contributed by atoms with E-state index in [0.29, 0.717) is 6.61 Å². The van der Waals surface area contributed by atoms with Crippen LogP contribution in [0.1, 0.15) is 41.5 Å². The molecular formula is C15H30O4Si. The molecule has 0 radical (unpaired) electrons. The van der Waals surface area contributed by atoms with Crippen LogP contribution < -0.4 is 0 Å². The Labute approximate surface area is 124 Å². The lowest BCUT2D eigenvalue weighted by Gasteiger charge is -2.45. The third-order valence-electron chi connectivity index (χ3n) is 4.51. The first kappa shape index (κ1) is 17.8. The van der Waals surface area contributed by atoms with Crippen molar-refractivity contribution in [2.75, 3.05) is 6.61 Å². The van der Waals surface area contributed by atoms with Gasteiger partial charge < -0.3 is 18.7 Å². The third-order valence-corrected chi connectivity index (χ3v) is 9.01. The van der Waals surface area contributed by atoms with Crippen LogP contribution in [0.5, 0.6) is 0 Å². The average Bonchev–Trinajstić information content (AvgIpc) is 2.28. The summed E-state index contributed by atoms with van der Waals surface area (Å²) in [5.41, 5.74) is 0. The zero-order valence-corrected chi connectivity index (χ0v) is 15.1. The maximum absolute atomic E-state index is 11.2. The van der Waals surface area contributed by atoms with Gasteiger partial charge in [0.2, 0.25) is 0 Å². The van der Waals surface area contributed by atoms with Gasteiger partial charge in [-0.05, 0) is 32.0 Å². The van der Waals surface area contributed by atoms with E-state index in [2.05, 4.69) is 33.9 Å². The van der Waals surface area contributed by atoms with Crippen molar-refractivity contribution in [1.29, 1.82) is 0 Å². The van der Waals surface area contributed by atoms with Gasteiger partial charge in [0.05, 0.1) is 12.7 Å². The van der Waals surface area contributed by atoms with Gasteiger partial charge in [-0.15, -0.1) is 0 Å². The lowest BCUT2D eigenvalue weighted by molar-refractivity contribution is -0.312. The molecule has 1 aliphatic rings. The SMILES string of the molecule is C[C@H]1[C@H](C=O)OC(C)(C)O[C@@H]1CO[Si](C)(C)C(C)(C)C. The van der Waals surface area contributed by atoms with Crippen LogP contribution in [0.25, 0.3) is 0 Å². The van der Waals surface area contributed by atoms with Crippen LogP contribution in [0.15, 0.2) is 0 Å². The molecule has 1 aliphatic heterocycles. The molecule has 0 aromatic heterocycles. The van der Waals surface area contributed by atoms with Gasteiger partial charge >= 0.3 is 0 Å². The number of rotatable bonds is 4. The van der Waals surface area contributed by atoms with E-state index in [1.54, 1.807) is 0 Å². The first-order valence-corrected chi connectivity index (χ1v) is 10.3. The predicted octanol–water partition coefficient (Wildman–Crippen LogP) is 3.36. The number of carbonyl (C=O) groups is 1. The summed E-state index contributed by atoms with van der Waals surface area (Å²) in [7, 11) is -1.81. The lowest BCUT2D eigenvalue weighted by atomic mass is 9.97. The van der Waals surface area contributed by atoms with E-state index in [1.807, 2.05) is 20.8 Å². The van der Waals surface area contributed by atoms with E-state index < -0.39 is 20.2 Å². The molecule has 3 atom stereocenters. The summed E-state index contributed by atoms with van der Waals surface area (Å²) >= 11 is 0. The van der Waals surface area contributed by atoms with E-state index in [1.165, 1.54) is 0 Å². The molecule has 1 rings (SSSR count). The molecule has 0 amide bonds. The highest BCUT2D eigenvalue weighted by Gasteiger charge is 2.43. The Bertz CT molecular complexity index is 346. The van der Waals surface area contributed by atoms with E-state index >= 15 is 0 Å². The zero-order chi connectivity index (χ0) is 15.8. The molecule has 0 aliphatic carbocycles. The van der Waals surface area contributed by atoms with Gasteiger partial charge in [0, 0.05) is 5.92 Å². The van der Waals surface area contributed by atoms with Crippen LogP contribution in [0.4, 0.5) is 0 Å². The summed E-state index contributed by atoms with van der Waals surface area (Å²) in [6.07, 6.45) is 0.337. The van der Waals surface area contributed by atoms with E-state index in [0.717, 1.165) is 6.29 Å². The highest BCUT2D eigenvalue weighted by Crippen LogP contribution is 2.38. The van der Waals surface area contributed by atoms with E-state index in [9.17, 15) is 4.79 Å². The number of hydrogen-bond donors (Lipinski definition) is 0. The van der Waals surface area contributed by atoms with Crippen LogP contribution in [0.3, 0.4) is 0 Å². The first-order chi connectivity index (χ1) is 8.89. The highest BCUT2D eigenvalue weighted by molar-refractivity contribution is 6.74. The van der Waals surface area contributed by atoms with Crippen LogP contribution in [0, 0.1) is 5.92 Å². The van der Waals surface area contributed by atoms with Crippen molar-refractivity contribution in [1.82, 2.24) is 0 Å². The number of aldehydes is 1. The van der Waals surface area contributed by atoms with Gasteiger partial charge in [-0.3, -0.25) is 0 Å². The Hall–Kier alpha value is -0.233. The van der Waals surface area contributed by atoms with Gasteiger partial charge in [-0.25, -0.2) is 0 Å². The summed E-state index contributed by atoms with van der Waals surface area (Å²) in [6.45, 7) is 17.3. The molecule has 118 valence electrons. The first-order valence-electron chi connectivity index (χ1n) is 7.34. The Morgan fingerprint density at radius 1 is 1.25 bits per heavy atom. The zero-order valence-electron chi connectivity index (χ0n) is 14.1. The normalized spacial score (nSPS) is 31.1. The second-order valence-corrected chi connectivity index (χ2v) is 12.5. The molecule has 0 aromatic carbocycles. The summed E-state index contributed by atoms with van der Waals surface area (Å²) < 4.78 is 17.8. The van der Waals surface area contributed by atoms with Crippen molar-refractivity contribution >= 4 is 14.6 Å². The van der Waals surface area contributed by atoms with Gasteiger partial charge in [-0.1, -0.05) is 27.7 Å². The maximum atomic E-state index is 11.2.